The number of rotatable bonds is 8. The number of nitrogens with zero attached hydrogens (tertiary/aromatic N) is 2. The van der Waals surface area contributed by atoms with Crippen molar-refractivity contribution in [1.29, 1.82) is 0 Å². The first-order valence-corrected chi connectivity index (χ1v) is 11.4. The summed E-state index contributed by atoms with van der Waals surface area (Å²) in [6.07, 6.45) is 2.75. The molecule has 0 spiro atoms. The highest BCUT2D eigenvalue weighted by Crippen LogP contribution is 2.22. The maximum atomic E-state index is 12.6. The van der Waals surface area contributed by atoms with Crippen molar-refractivity contribution in [2.75, 3.05) is 38.7 Å². The monoisotopic (exact) mass is 437 g/mol. The molecule has 0 aromatic heterocycles. The van der Waals surface area contributed by atoms with Gasteiger partial charge in [0.1, 0.15) is 5.75 Å². The van der Waals surface area contributed by atoms with E-state index in [1.807, 2.05) is 80.2 Å². The minimum Gasteiger partial charge on any atom is -0.493 e. The molecule has 2 aromatic rings. The van der Waals surface area contributed by atoms with Gasteiger partial charge in [0.2, 0.25) is 5.91 Å². The molecule has 1 N–H and O–H groups in total. The van der Waals surface area contributed by atoms with Crippen LogP contribution < -0.4 is 15.0 Å². The molecular weight excluding hydrogens is 402 g/mol. The Balaban J connectivity index is 1.37. The highest BCUT2D eigenvalue weighted by Gasteiger charge is 2.24. The molecule has 2 amide bonds. The molecule has 6 nitrogen and oxygen atoms in total. The number of hydrogen-bond donors (Lipinski definition) is 1. The summed E-state index contributed by atoms with van der Waals surface area (Å²) >= 11 is 0. The molecule has 32 heavy (non-hydrogen) atoms. The van der Waals surface area contributed by atoms with E-state index in [9.17, 15) is 9.59 Å². The number of nitrogens with one attached hydrogen (secondary N) is 1. The fourth-order valence-electron chi connectivity index (χ4n) is 4.04. The van der Waals surface area contributed by atoms with Crippen LogP contribution in [0.4, 0.5) is 5.69 Å². The van der Waals surface area contributed by atoms with Gasteiger partial charge in [0, 0.05) is 50.9 Å². The third-order valence-electron chi connectivity index (χ3n) is 6.02. The lowest BCUT2D eigenvalue weighted by Gasteiger charge is -2.32. The number of benzene rings is 2. The van der Waals surface area contributed by atoms with E-state index < -0.39 is 0 Å². The van der Waals surface area contributed by atoms with Crippen molar-refractivity contribution >= 4 is 17.5 Å². The Morgan fingerprint density at radius 3 is 2.25 bits per heavy atom. The number of hydrogen-bond acceptors (Lipinski definition) is 4. The summed E-state index contributed by atoms with van der Waals surface area (Å²) in [4.78, 5) is 29.0. The SMILES string of the molecule is Cc1cccc(C)c1OCCCC(=O)N1CCC(NC(=O)c2ccc(N(C)C)cc2)CC1. The molecule has 1 aliphatic rings. The second-order valence-electron chi connectivity index (χ2n) is 8.74. The lowest BCUT2D eigenvalue weighted by molar-refractivity contribution is -0.132. The molecule has 2 aromatic carbocycles. The molecule has 1 heterocycles. The van der Waals surface area contributed by atoms with Gasteiger partial charge in [-0.2, -0.15) is 0 Å². The Labute approximate surface area is 191 Å². The number of para-hydroxylation sites is 1. The summed E-state index contributed by atoms with van der Waals surface area (Å²) in [5.41, 5.74) is 3.97. The highest BCUT2D eigenvalue weighted by atomic mass is 16.5. The summed E-state index contributed by atoms with van der Waals surface area (Å²) in [6.45, 7) is 5.98. The van der Waals surface area contributed by atoms with E-state index in [-0.39, 0.29) is 17.9 Å². The lowest BCUT2D eigenvalue weighted by Crippen LogP contribution is -2.46. The first-order valence-electron chi connectivity index (χ1n) is 11.4. The predicted molar refractivity (Wildman–Crippen MR) is 128 cm³/mol. The number of ether oxygens (including phenoxy) is 1. The summed E-state index contributed by atoms with van der Waals surface area (Å²) < 4.78 is 5.91. The molecule has 6 heteroatoms. The first-order chi connectivity index (χ1) is 15.3. The van der Waals surface area contributed by atoms with Gasteiger partial charge in [-0.3, -0.25) is 9.59 Å². The molecule has 1 fully saturated rings. The zero-order valence-corrected chi connectivity index (χ0v) is 19.7. The molecule has 0 unspecified atom stereocenters. The Hall–Kier alpha value is -3.02. The molecule has 0 aliphatic carbocycles. The van der Waals surface area contributed by atoms with Crippen molar-refractivity contribution in [3.05, 3.63) is 59.2 Å². The predicted octanol–water partition coefficient (Wildman–Crippen LogP) is 3.95. The number of carbonyl (C=O) groups is 2. The van der Waals surface area contributed by atoms with Crippen LogP contribution in [0.2, 0.25) is 0 Å². The number of anilines is 1. The Kier molecular flexibility index (Phi) is 8.14. The quantitative estimate of drug-likeness (QED) is 0.636. The number of likely N-dealkylation sites (tertiary alicyclic amines) is 1. The standard InChI is InChI=1S/C26H35N3O3/c1-19-7-5-8-20(2)25(19)32-18-6-9-24(30)29-16-14-22(15-17-29)27-26(31)21-10-12-23(13-11-21)28(3)4/h5,7-8,10-13,22H,6,9,14-18H2,1-4H3,(H,27,31). The van der Waals surface area contributed by atoms with Gasteiger partial charge in [0.05, 0.1) is 6.61 Å². The zero-order chi connectivity index (χ0) is 23.1. The van der Waals surface area contributed by atoms with Crippen LogP contribution in [0.1, 0.15) is 47.2 Å². The topological polar surface area (TPSA) is 61.9 Å². The number of piperidine rings is 1. The van der Waals surface area contributed by atoms with Crippen LogP contribution in [0.3, 0.4) is 0 Å². The van der Waals surface area contributed by atoms with Crippen molar-refractivity contribution in [3.63, 3.8) is 0 Å². The van der Waals surface area contributed by atoms with Crippen LogP contribution in [0.5, 0.6) is 5.75 Å². The minimum atomic E-state index is -0.0521. The lowest BCUT2D eigenvalue weighted by atomic mass is 10.0. The fraction of sp³-hybridized carbons (Fsp3) is 0.462. The van der Waals surface area contributed by atoms with E-state index in [1.54, 1.807) is 0 Å². The largest absolute Gasteiger partial charge is 0.493 e. The highest BCUT2D eigenvalue weighted by molar-refractivity contribution is 5.94. The third kappa shape index (κ3) is 6.25. The summed E-state index contributed by atoms with van der Waals surface area (Å²) in [5, 5.41) is 3.11. The average Bonchev–Trinajstić information content (AvgIpc) is 2.78. The van der Waals surface area contributed by atoms with Crippen LogP contribution in [-0.4, -0.2) is 56.5 Å². The van der Waals surface area contributed by atoms with Gasteiger partial charge in [-0.05, 0) is 68.5 Å². The summed E-state index contributed by atoms with van der Waals surface area (Å²) in [6, 6.07) is 13.8. The Bertz CT molecular complexity index is 896. The maximum absolute atomic E-state index is 12.6. The molecule has 0 saturated carbocycles. The van der Waals surface area contributed by atoms with Crippen LogP contribution in [0.15, 0.2) is 42.5 Å². The Morgan fingerprint density at radius 1 is 1.03 bits per heavy atom. The molecule has 0 radical (unpaired) electrons. The molecule has 172 valence electrons. The van der Waals surface area contributed by atoms with Crippen molar-refractivity contribution in [2.45, 2.75) is 45.6 Å². The fourth-order valence-corrected chi connectivity index (χ4v) is 4.04. The molecular formula is C26H35N3O3. The number of carbonyl (C=O) groups excluding carboxylic acids is 2. The van der Waals surface area contributed by atoms with Crippen molar-refractivity contribution in [2.24, 2.45) is 0 Å². The minimum absolute atomic E-state index is 0.0521. The van der Waals surface area contributed by atoms with Crippen LogP contribution in [0, 0.1) is 13.8 Å². The van der Waals surface area contributed by atoms with Crippen molar-refractivity contribution in [1.82, 2.24) is 10.2 Å². The molecule has 3 rings (SSSR count). The second-order valence-corrected chi connectivity index (χ2v) is 8.74. The molecule has 1 aliphatic heterocycles. The van der Waals surface area contributed by atoms with Crippen molar-refractivity contribution in [3.8, 4) is 5.75 Å². The van der Waals surface area contributed by atoms with Gasteiger partial charge in [-0.15, -0.1) is 0 Å². The number of aryl methyl sites for hydroxylation is 2. The van der Waals surface area contributed by atoms with E-state index in [1.165, 1.54) is 0 Å². The van der Waals surface area contributed by atoms with Gasteiger partial charge in [-0.25, -0.2) is 0 Å². The van der Waals surface area contributed by atoms with Gasteiger partial charge in [-0.1, -0.05) is 18.2 Å². The average molecular weight is 438 g/mol. The van der Waals surface area contributed by atoms with Crippen LogP contribution >= 0.6 is 0 Å². The third-order valence-corrected chi connectivity index (χ3v) is 6.02. The maximum Gasteiger partial charge on any atom is 0.251 e. The first kappa shape index (κ1) is 23.6. The molecule has 1 saturated heterocycles. The van der Waals surface area contributed by atoms with Crippen LogP contribution in [-0.2, 0) is 4.79 Å². The Morgan fingerprint density at radius 2 is 1.66 bits per heavy atom. The van der Waals surface area contributed by atoms with Crippen molar-refractivity contribution < 1.29 is 14.3 Å². The van der Waals surface area contributed by atoms with E-state index >= 15 is 0 Å². The van der Waals surface area contributed by atoms with E-state index in [0.29, 0.717) is 38.1 Å². The van der Waals surface area contributed by atoms with Gasteiger partial charge < -0.3 is 19.9 Å². The van der Waals surface area contributed by atoms with Crippen LogP contribution in [0.25, 0.3) is 0 Å². The van der Waals surface area contributed by atoms with E-state index in [2.05, 4.69) is 5.32 Å². The normalized spacial score (nSPS) is 14.2. The molecule has 0 bridgehead atoms. The smallest absolute Gasteiger partial charge is 0.251 e. The molecule has 0 atom stereocenters. The number of amides is 2. The van der Waals surface area contributed by atoms with E-state index in [0.717, 1.165) is 35.4 Å². The van der Waals surface area contributed by atoms with E-state index in [4.69, 9.17) is 4.74 Å². The van der Waals surface area contributed by atoms with Gasteiger partial charge >= 0.3 is 0 Å². The zero-order valence-electron chi connectivity index (χ0n) is 19.7. The summed E-state index contributed by atoms with van der Waals surface area (Å²) in [5.74, 6) is 1.04. The second kappa shape index (κ2) is 11.0. The van der Waals surface area contributed by atoms with Gasteiger partial charge in [0.15, 0.2) is 0 Å². The summed E-state index contributed by atoms with van der Waals surface area (Å²) in [7, 11) is 3.95. The van der Waals surface area contributed by atoms with Gasteiger partial charge in [0.25, 0.3) is 5.91 Å².